The largest absolute Gasteiger partial charge is 0.478 e. The minimum atomic E-state index is -2.66. The van der Waals surface area contributed by atoms with Crippen LogP contribution in [0.1, 0.15) is 122 Å². The lowest BCUT2D eigenvalue weighted by Gasteiger charge is -2.72. The first kappa shape index (κ1) is 34.2. The van der Waals surface area contributed by atoms with Crippen molar-refractivity contribution in [3.8, 4) is 0 Å². The number of allylic oxidation sites excluding steroid dienone is 2. The van der Waals surface area contributed by atoms with Crippen molar-refractivity contribution in [1.29, 1.82) is 0 Å². The second-order valence-electron chi connectivity index (χ2n) is 18.8. The van der Waals surface area contributed by atoms with Crippen LogP contribution in [0, 0.1) is 57.2 Å². The predicted octanol–water partition coefficient (Wildman–Crippen LogP) is 8.94. The molecule has 1 saturated heterocycles. The number of hydrogen-bond acceptors (Lipinski definition) is 3. The highest BCUT2D eigenvalue weighted by molar-refractivity contribution is 5.88. The van der Waals surface area contributed by atoms with Gasteiger partial charge in [0.05, 0.1) is 25.2 Å². The van der Waals surface area contributed by atoms with Crippen LogP contribution in [0.15, 0.2) is 30.3 Å². The van der Waals surface area contributed by atoms with Gasteiger partial charge in [-0.3, -0.25) is 9.69 Å². The minimum Gasteiger partial charge on any atom is -0.478 e. The highest BCUT2D eigenvalue weighted by Gasteiger charge is 2.70. The number of rotatable bonds is 6. The van der Waals surface area contributed by atoms with Crippen molar-refractivity contribution in [2.24, 2.45) is 57.2 Å². The first-order valence-electron chi connectivity index (χ1n) is 18.8. The third kappa shape index (κ3) is 4.89. The standard InChI is InChI=1S/C41H58F2N2O3/c1-25(2)28-14-19-40(44-33(46)22-45-23-41(42,43)24-45)21-20-38(6)30(34(28)40)12-13-32-37(5)17-15-29(26-8-10-27(11-9-26)35(47)48)36(3,4)31(37)16-18-39(32,38)7/h8-11,15,25,28,30-32,34H,12-14,16-24H2,1-7H3,(H,44,46)(H,47,48)/t28-,30+,31?,32?,34?,37-,38+,39+,40-/m0/s1. The molecule has 1 amide bonds. The van der Waals surface area contributed by atoms with Crippen molar-refractivity contribution in [3.05, 3.63) is 41.5 Å². The molecule has 7 heteroatoms. The van der Waals surface area contributed by atoms with Gasteiger partial charge in [0, 0.05) is 5.54 Å². The number of likely N-dealkylation sites (tertiary alicyclic amines) is 1. The van der Waals surface area contributed by atoms with Crippen molar-refractivity contribution >= 4 is 17.4 Å². The Bertz CT molecular complexity index is 1500. The molecule has 5 aliphatic carbocycles. The fourth-order valence-electron chi connectivity index (χ4n) is 13.7. The van der Waals surface area contributed by atoms with Crippen LogP contribution in [0.4, 0.5) is 8.78 Å². The summed E-state index contributed by atoms with van der Waals surface area (Å²) in [7, 11) is 0. The van der Waals surface area contributed by atoms with E-state index < -0.39 is 11.9 Å². The van der Waals surface area contributed by atoms with E-state index in [2.05, 4.69) is 59.9 Å². The number of amides is 1. The van der Waals surface area contributed by atoms with Gasteiger partial charge in [-0.15, -0.1) is 0 Å². The summed E-state index contributed by atoms with van der Waals surface area (Å²) in [4.78, 5) is 26.6. The van der Waals surface area contributed by atoms with Crippen molar-refractivity contribution in [3.63, 3.8) is 0 Å². The number of fused-ring (bicyclic) bond motifs is 7. The molecule has 5 nitrogen and oxygen atoms in total. The van der Waals surface area contributed by atoms with Gasteiger partial charge in [-0.2, -0.15) is 0 Å². The number of aromatic carboxylic acids is 1. The summed E-state index contributed by atoms with van der Waals surface area (Å²) in [5.74, 6) is -0.430. The number of carboxylic acid groups (broad SMARTS) is 1. The molecule has 3 unspecified atom stereocenters. The lowest BCUT2D eigenvalue weighted by molar-refractivity contribution is -0.221. The van der Waals surface area contributed by atoms with Gasteiger partial charge in [-0.25, -0.2) is 13.6 Å². The fraction of sp³-hybridized carbons (Fsp3) is 0.756. The van der Waals surface area contributed by atoms with Crippen molar-refractivity contribution < 1.29 is 23.5 Å². The van der Waals surface area contributed by atoms with E-state index in [1.165, 1.54) is 31.3 Å². The highest BCUT2D eigenvalue weighted by Crippen LogP contribution is 2.76. The number of nitrogens with zero attached hydrogens (tertiary/aromatic N) is 1. The van der Waals surface area contributed by atoms with Crippen molar-refractivity contribution in [1.82, 2.24) is 10.2 Å². The van der Waals surface area contributed by atoms with Crippen LogP contribution >= 0.6 is 0 Å². The Hall–Kier alpha value is -2.28. The molecule has 9 atom stereocenters. The normalized spacial score (nSPS) is 42.8. The summed E-state index contributed by atoms with van der Waals surface area (Å²) in [5.41, 5.74) is 3.10. The first-order chi connectivity index (χ1) is 22.4. The Morgan fingerprint density at radius 3 is 2.21 bits per heavy atom. The number of halogens is 2. The summed E-state index contributed by atoms with van der Waals surface area (Å²) < 4.78 is 27.1. The van der Waals surface area contributed by atoms with Gasteiger partial charge in [0.15, 0.2) is 0 Å². The van der Waals surface area contributed by atoms with Gasteiger partial charge in [-0.05, 0) is 138 Å². The highest BCUT2D eigenvalue weighted by atomic mass is 19.3. The second kappa shape index (κ2) is 11.1. The van der Waals surface area contributed by atoms with Crippen molar-refractivity contribution in [2.75, 3.05) is 19.6 Å². The molecular weight excluding hydrogens is 606 g/mol. The molecule has 7 rings (SSSR count). The number of hydrogen-bond donors (Lipinski definition) is 2. The smallest absolute Gasteiger partial charge is 0.335 e. The Labute approximate surface area is 286 Å². The van der Waals surface area contributed by atoms with Crippen LogP contribution in [0.2, 0.25) is 0 Å². The van der Waals surface area contributed by atoms with Gasteiger partial charge in [0.25, 0.3) is 5.92 Å². The van der Waals surface area contributed by atoms with Crippen LogP contribution in [-0.2, 0) is 4.79 Å². The minimum absolute atomic E-state index is 0.0303. The van der Waals surface area contributed by atoms with Crippen LogP contribution in [0.5, 0.6) is 0 Å². The Morgan fingerprint density at radius 1 is 0.896 bits per heavy atom. The topological polar surface area (TPSA) is 69.6 Å². The molecule has 0 radical (unpaired) electrons. The molecule has 1 aromatic rings. The summed E-state index contributed by atoms with van der Waals surface area (Å²) >= 11 is 0. The molecule has 48 heavy (non-hydrogen) atoms. The summed E-state index contributed by atoms with van der Waals surface area (Å²) in [5, 5.41) is 13.0. The number of benzene rings is 1. The third-order valence-corrected chi connectivity index (χ3v) is 16.0. The number of nitrogens with one attached hydrogen (secondary N) is 1. The van der Waals surface area contributed by atoms with Crippen LogP contribution in [-0.4, -0.2) is 53.0 Å². The first-order valence-corrected chi connectivity index (χ1v) is 18.8. The van der Waals surface area contributed by atoms with E-state index in [0.29, 0.717) is 41.1 Å². The third-order valence-electron chi connectivity index (χ3n) is 16.0. The molecule has 0 aromatic heterocycles. The molecule has 1 aromatic carbocycles. The van der Waals surface area contributed by atoms with Gasteiger partial charge < -0.3 is 10.4 Å². The maximum absolute atomic E-state index is 13.6. The molecule has 0 spiro atoms. The average Bonchev–Trinajstić information content (AvgIpc) is 3.36. The molecule has 1 aliphatic heterocycles. The van der Waals surface area contributed by atoms with Crippen LogP contribution in [0.25, 0.3) is 5.57 Å². The Kier molecular flexibility index (Phi) is 7.91. The maximum Gasteiger partial charge on any atom is 0.335 e. The van der Waals surface area contributed by atoms with E-state index in [9.17, 15) is 23.5 Å². The Morgan fingerprint density at radius 2 is 1.58 bits per heavy atom. The molecule has 5 fully saturated rings. The number of carbonyl (C=O) groups excluding carboxylic acids is 1. The van der Waals surface area contributed by atoms with Gasteiger partial charge in [-0.1, -0.05) is 66.7 Å². The SMILES string of the molecule is CC(C)[C@@H]1CC[C@]2(NC(=O)CN3CC(F)(F)C3)CC[C@]3(C)[C@H](CCC4[C@@]5(C)CC=C(c6ccc(C(=O)O)cc6)C(C)(C)C5CC[C@]43C)C12. The zero-order valence-corrected chi connectivity index (χ0v) is 30.3. The van der Waals surface area contributed by atoms with E-state index in [1.807, 2.05) is 12.1 Å². The average molecular weight is 665 g/mol. The predicted molar refractivity (Wildman–Crippen MR) is 186 cm³/mol. The van der Waals surface area contributed by atoms with E-state index in [4.69, 9.17) is 0 Å². The summed E-state index contributed by atoms with van der Waals surface area (Å²) in [6, 6.07) is 7.48. The zero-order valence-electron chi connectivity index (χ0n) is 30.3. The second-order valence-corrected chi connectivity index (χ2v) is 18.8. The quantitative estimate of drug-likeness (QED) is 0.319. The van der Waals surface area contributed by atoms with Gasteiger partial charge in [0.2, 0.25) is 5.91 Å². The lowest BCUT2D eigenvalue weighted by Crippen LogP contribution is -2.69. The zero-order chi connectivity index (χ0) is 34.7. The number of carboxylic acids is 1. The van der Waals surface area contributed by atoms with Crippen LogP contribution in [0.3, 0.4) is 0 Å². The molecule has 264 valence electrons. The van der Waals surface area contributed by atoms with E-state index >= 15 is 0 Å². The molecular formula is C41H58F2N2O3. The molecule has 4 saturated carbocycles. The fourth-order valence-corrected chi connectivity index (χ4v) is 13.7. The van der Waals surface area contributed by atoms with E-state index in [0.717, 1.165) is 37.7 Å². The van der Waals surface area contributed by atoms with Gasteiger partial charge in [0.1, 0.15) is 0 Å². The van der Waals surface area contributed by atoms with E-state index in [-0.39, 0.29) is 52.7 Å². The van der Waals surface area contributed by atoms with E-state index in [1.54, 1.807) is 17.0 Å². The molecule has 6 aliphatic rings. The lowest BCUT2D eigenvalue weighted by atomic mass is 9.33. The van der Waals surface area contributed by atoms with Crippen LogP contribution < -0.4 is 5.32 Å². The molecule has 0 bridgehead atoms. The molecule has 2 N–H and O–H groups in total. The number of alkyl halides is 2. The Balaban J connectivity index is 1.17. The summed E-state index contributed by atoms with van der Waals surface area (Å²) in [6.07, 6.45) is 12.6. The van der Waals surface area contributed by atoms with Gasteiger partial charge >= 0.3 is 5.97 Å². The summed E-state index contributed by atoms with van der Waals surface area (Å²) in [6.45, 7) is 16.9. The monoisotopic (exact) mass is 664 g/mol. The van der Waals surface area contributed by atoms with Crippen molar-refractivity contribution in [2.45, 2.75) is 118 Å². The number of carbonyl (C=O) groups is 2. The maximum atomic E-state index is 13.6. The molecule has 1 heterocycles.